The summed E-state index contributed by atoms with van der Waals surface area (Å²) < 4.78 is 0. The molecule has 3 heteroatoms. The topological polar surface area (TPSA) is 37.3 Å². The minimum atomic E-state index is -0.289. The van der Waals surface area contributed by atoms with E-state index in [0.717, 1.165) is 0 Å². The first kappa shape index (κ1) is 13.2. The fraction of sp³-hybridized carbons (Fsp3) is 0.889. The zero-order valence-corrected chi connectivity index (χ0v) is 15.0. The van der Waals surface area contributed by atoms with Crippen molar-refractivity contribution in [1.29, 1.82) is 0 Å². The standard InChI is InChI=1S/C9H18O2.Sg/c1-7(5-6-10)9(3,4)8(2)11;/h7,10H,5-6H2,1-4H3;/t7-;/m0./s1. The molecule has 68 valence electrons. The van der Waals surface area contributed by atoms with Crippen LogP contribution in [0.4, 0.5) is 0 Å². The summed E-state index contributed by atoms with van der Waals surface area (Å²) in [6, 6.07) is 0. The van der Waals surface area contributed by atoms with Crippen molar-refractivity contribution in [2.75, 3.05) is 6.61 Å². The molecule has 0 heterocycles. The van der Waals surface area contributed by atoms with Gasteiger partial charge >= 0.3 is 0 Å². The van der Waals surface area contributed by atoms with Crippen molar-refractivity contribution in [3.8, 4) is 0 Å². The molecule has 0 unspecified atom stereocenters. The smallest absolute Gasteiger partial charge is 0.135 e. The molecule has 0 bridgehead atoms. The van der Waals surface area contributed by atoms with E-state index in [-0.39, 0.29) is 23.7 Å². The van der Waals surface area contributed by atoms with Gasteiger partial charge in [-0.2, -0.15) is 0 Å². The Hall–Kier alpha value is -1.37. The van der Waals surface area contributed by atoms with Crippen LogP contribution in [0.5, 0.6) is 0 Å². The quantitative estimate of drug-likeness (QED) is 0.741. The van der Waals surface area contributed by atoms with Gasteiger partial charge in [-0.15, -0.1) is 0 Å². The fourth-order valence-corrected chi connectivity index (χ4v) is 0.901. The second-order valence-corrected chi connectivity index (χ2v) is 3.69. The van der Waals surface area contributed by atoms with Gasteiger partial charge in [-0.3, -0.25) is 4.79 Å². The summed E-state index contributed by atoms with van der Waals surface area (Å²) in [6.07, 6.45) is 0.701. The third-order valence-electron chi connectivity index (χ3n) is 2.70. The molecule has 0 aliphatic rings. The number of carbonyl (C=O) groups is 1. The monoisotopic (exact) mass is 429 g/mol. The average Bonchev–Trinajstić information content (AvgIpc) is 1.88. The molecule has 0 rings (SSSR count). The van der Waals surface area contributed by atoms with Crippen LogP contribution in [-0.2, 0) is 4.79 Å². The Bertz CT molecular complexity index is 143. The Morgan fingerprint density at radius 2 is 1.92 bits per heavy atom. The first-order valence-electron chi connectivity index (χ1n) is 4.04. The second kappa shape index (κ2) is 4.50. The fourth-order valence-electron chi connectivity index (χ4n) is 0.901. The summed E-state index contributed by atoms with van der Waals surface area (Å²) in [5.41, 5.74) is -0.289. The molecule has 0 aromatic heterocycles. The number of carbonyl (C=O) groups excluding carboxylic acids is 1. The predicted molar refractivity (Wildman–Crippen MR) is 45.3 cm³/mol. The van der Waals surface area contributed by atoms with Crippen LogP contribution in [0.3, 0.4) is 0 Å². The molecule has 0 saturated carbocycles. The van der Waals surface area contributed by atoms with Gasteiger partial charge in [0, 0.05) is 12.0 Å². The molecule has 0 radical (unpaired) electrons. The molecular weight excluding hydrogens is 409 g/mol. The number of ketones is 1. The van der Waals surface area contributed by atoms with Crippen LogP contribution in [0.1, 0.15) is 34.1 Å². The number of hydrogen-bond acceptors (Lipinski definition) is 2. The van der Waals surface area contributed by atoms with Gasteiger partial charge in [-0.05, 0) is 19.3 Å². The molecule has 1 N–H and O–H groups in total. The van der Waals surface area contributed by atoms with Crippen molar-refractivity contribution in [1.82, 2.24) is 0 Å². The zero-order chi connectivity index (χ0) is 9.07. The van der Waals surface area contributed by atoms with Crippen LogP contribution in [0.15, 0.2) is 0 Å². The van der Waals surface area contributed by atoms with Crippen LogP contribution in [0.2, 0.25) is 0 Å². The summed E-state index contributed by atoms with van der Waals surface area (Å²) in [5, 5.41) is 8.67. The van der Waals surface area contributed by atoms with Crippen molar-refractivity contribution in [2.24, 2.45) is 11.3 Å². The molecule has 2 nitrogen and oxygen atoms in total. The summed E-state index contributed by atoms with van der Waals surface area (Å²) >= 11 is 0. The van der Waals surface area contributed by atoms with Crippen LogP contribution >= 0.6 is 0 Å². The molecule has 0 aliphatic carbocycles. The summed E-state index contributed by atoms with van der Waals surface area (Å²) in [4.78, 5) is 11.1. The molecule has 0 aromatic rings. The van der Waals surface area contributed by atoms with Crippen molar-refractivity contribution in [2.45, 2.75) is 34.1 Å². The maximum atomic E-state index is 11.1. The van der Waals surface area contributed by atoms with E-state index in [4.69, 9.17) is 5.11 Å². The molecule has 0 spiro atoms. The Balaban J connectivity index is 0. The molecule has 0 amide bonds. The van der Waals surface area contributed by atoms with Gasteiger partial charge in [0.25, 0.3) is 0 Å². The van der Waals surface area contributed by atoms with Gasteiger partial charge in [-0.25, -0.2) is 0 Å². The van der Waals surface area contributed by atoms with E-state index in [2.05, 4.69) is 0 Å². The maximum absolute atomic E-state index is 11.1. The summed E-state index contributed by atoms with van der Waals surface area (Å²) in [7, 11) is 0. The molecular formula is C9H18O2Sg. The molecule has 0 fully saturated rings. The van der Waals surface area contributed by atoms with E-state index in [0.29, 0.717) is 6.42 Å². The SMILES string of the molecule is CC(=O)C(C)(C)[C@@H](C)CCO.[Sg]. The minimum Gasteiger partial charge on any atom is -0.396 e. The van der Waals surface area contributed by atoms with E-state index in [1.807, 2.05) is 20.8 Å². The molecule has 0 aliphatic heterocycles. The van der Waals surface area contributed by atoms with Crippen molar-refractivity contribution in [3.63, 3.8) is 0 Å². The molecule has 12 heavy (non-hydrogen) atoms. The Morgan fingerprint density at radius 1 is 1.50 bits per heavy atom. The van der Waals surface area contributed by atoms with E-state index < -0.39 is 0 Å². The van der Waals surface area contributed by atoms with E-state index in [1.54, 1.807) is 6.92 Å². The van der Waals surface area contributed by atoms with E-state index >= 15 is 0 Å². The van der Waals surface area contributed by atoms with Crippen molar-refractivity contribution in [3.05, 3.63) is 0 Å². The van der Waals surface area contributed by atoms with Crippen molar-refractivity contribution >= 4 is 5.78 Å². The normalized spacial score (nSPS) is 13.4. The van der Waals surface area contributed by atoms with Gasteiger partial charge in [0.2, 0.25) is 0 Å². The number of Topliss-reactive ketones (excluding diaryl/α,β-unsaturated/α-hetero) is 1. The third kappa shape index (κ3) is 2.70. The van der Waals surface area contributed by atoms with Gasteiger partial charge < -0.3 is 5.11 Å². The third-order valence-corrected chi connectivity index (χ3v) is 2.70. The second-order valence-electron chi connectivity index (χ2n) is 3.69. The predicted octanol–water partition coefficient (Wildman–Crippen LogP) is 1.62. The van der Waals surface area contributed by atoms with Crippen LogP contribution < -0.4 is 0 Å². The van der Waals surface area contributed by atoms with Crippen molar-refractivity contribution < 1.29 is 9.90 Å². The van der Waals surface area contributed by atoms with Crippen LogP contribution in [-0.4, -0.2) is 17.5 Å². The number of aliphatic hydroxyl groups is 1. The van der Waals surface area contributed by atoms with Gasteiger partial charge in [-0.1, -0.05) is 20.8 Å². The zero-order valence-electron chi connectivity index (χ0n) is 8.55. The molecule has 1 atom stereocenters. The number of hydrogen-bond donors (Lipinski definition) is 1. The number of rotatable bonds is 4. The van der Waals surface area contributed by atoms with E-state index in [9.17, 15) is 4.79 Å². The maximum Gasteiger partial charge on any atom is 0.135 e. The van der Waals surface area contributed by atoms with E-state index in [1.165, 1.54) is 0 Å². The van der Waals surface area contributed by atoms with Gasteiger partial charge in [0.05, 0.1) is 0 Å². The Kier molecular flexibility index (Phi) is 4.96. The first-order chi connectivity index (χ1) is 4.92. The minimum absolute atomic E-state index is 0. The molecule has 0 saturated heterocycles. The van der Waals surface area contributed by atoms with Gasteiger partial charge in [0.15, 0.2) is 0 Å². The largest absolute Gasteiger partial charge is 0.396 e. The Labute approximate surface area is 68.6 Å². The Morgan fingerprint density at radius 3 is 2.17 bits per heavy atom. The van der Waals surface area contributed by atoms with Crippen LogP contribution in [0.25, 0.3) is 0 Å². The first-order valence-corrected chi connectivity index (χ1v) is 4.04. The summed E-state index contributed by atoms with van der Waals surface area (Å²) in [5.74, 6) is 0.448. The number of aliphatic hydroxyl groups excluding tert-OH is 1. The summed E-state index contributed by atoms with van der Waals surface area (Å²) in [6.45, 7) is 7.62. The van der Waals surface area contributed by atoms with Gasteiger partial charge in [0.1, 0.15) is 5.78 Å². The molecule has 0 aromatic carbocycles. The average molecular weight is 427 g/mol. The van der Waals surface area contributed by atoms with Crippen LogP contribution in [0, 0.1) is 11.3 Å².